The van der Waals surface area contributed by atoms with Crippen molar-refractivity contribution < 1.29 is 18.7 Å². The number of hydrogen-bond donors (Lipinski definition) is 2. The summed E-state index contributed by atoms with van der Waals surface area (Å²) in [7, 11) is -2.26. The van der Waals surface area contributed by atoms with Crippen LogP contribution >= 0.6 is 0 Å². The number of fused-ring (bicyclic) bond motifs is 2. The van der Waals surface area contributed by atoms with E-state index >= 15 is 0 Å². The van der Waals surface area contributed by atoms with Gasteiger partial charge in [0.1, 0.15) is 18.0 Å². The number of aromatic nitrogens is 2. The van der Waals surface area contributed by atoms with Gasteiger partial charge in [-0.25, -0.2) is 4.79 Å². The van der Waals surface area contributed by atoms with Gasteiger partial charge in [0, 0.05) is 22.9 Å². The Kier molecular flexibility index (Phi) is 8.63. The van der Waals surface area contributed by atoms with Crippen molar-refractivity contribution in [3.05, 3.63) is 128 Å². The highest BCUT2D eigenvalue weighted by molar-refractivity contribution is 6.74. The summed E-state index contributed by atoms with van der Waals surface area (Å²) in [6.07, 6.45) is 1.97. The van der Waals surface area contributed by atoms with Crippen LogP contribution in [-0.2, 0) is 26.1 Å². The third-order valence-electron chi connectivity index (χ3n) is 9.88. The highest BCUT2D eigenvalue weighted by atomic mass is 28.4. The molecule has 246 valence electrons. The summed E-state index contributed by atoms with van der Waals surface area (Å²) in [4.78, 5) is 40.5. The minimum atomic E-state index is -2.26. The van der Waals surface area contributed by atoms with Gasteiger partial charge in [0.05, 0.1) is 18.2 Å². The molecule has 1 aromatic heterocycles. The number of benzene rings is 3. The monoisotopic (exact) mass is 653 g/mol. The summed E-state index contributed by atoms with van der Waals surface area (Å²) in [6, 6.07) is 25.4. The summed E-state index contributed by atoms with van der Waals surface area (Å²) < 4.78 is 22.1. The van der Waals surface area contributed by atoms with Crippen molar-refractivity contribution in [2.45, 2.75) is 89.1 Å². The third-order valence-corrected chi connectivity index (χ3v) is 14.4. The number of H-pyrrole nitrogens is 1. The lowest BCUT2D eigenvalue weighted by Crippen LogP contribution is -2.55. The molecule has 0 spiro atoms. The van der Waals surface area contributed by atoms with E-state index in [9.17, 15) is 14.4 Å². The highest BCUT2D eigenvalue weighted by Crippen LogP contribution is 2.54. The Labute approximate surface area is 276 Å². The number of aryl methyl sites for hydroxylation is 1. The average molecular weight is 654 g/mol. The maximum absolute atomic E-state index is 13.7. The Morgan fingerprint density at radius 1 is 0.936 bits per heavy atom. The fourth-order valence-electron chi connectivity index (χ4n) is 6.42. The van der Waals surface area contributed by atoms with E-state index < -0.39 is 37.3 Å². The zero-order valence-electron chi connectivity index (χ0n) is 27.8. The number of nitrogens with zero attached hydrogens (tertiary/aromatic N) is 1. The lowest BCUT2D eigenvalue weighted by Gasteiger charge is -2.44. The molecule has 2 heterocycles. The number of carbonyl (C=O) groups is 1. The number of rotatable bonds is 8. The number of para-hydroxylation sites is 2. The molecule has 2 aliphatic rings. The Morgan fingerprint density at radius 2 is 1.51 bits per heavy atom. The van der Waals surface area contributed by atoms with Gasteiger partial charge >= 0.3 is 5.69 Å². The molecule has 0 unspecified atom stereocenters. The Morgan fingerprint density at radius 3 is 2.13 bits per heavy atom. The molecular weight excluding hydrogens is 611 g/mol. The summed E-state index contributed by atoms with van der Waals surface area (Å²) in [5, 5.41) is 3.17. The number of carbonyl (C=O) groups excluding carboxylic acids is 1. The average Bonchev–Trinajstić information content (AvgIpc) is 3.38. The number of amides is 1. The second-order valence-electron chi connectivity index (χ2n) is 14.1. The van der Waals surface area contributed by atoms with Crippen molar-refractivity contribution in [2.24, 2.45) is 0 Å². The first-order valence-corrected chi connectivity index (χ1v) is 19.1. The largest absolute Gasteiger partial charge is 0.457 e. The molecule has 3 aromatic carbocycles. The van der Waals surface area contributed by atoms with Gasteiger partial charge in [-0.2, -0.15) is 0 Å². The first kappa shape index (κ1) is 32.7. The number of aromatic amines is 1. The molecule has 0 saturated heterocycles. The molecule has 1 aliphatic carbocycles. The van der Waals surface area contributed by atoms with E-state index in [0.29, 0.717) is 29.9 Å². The van der Waals surface area contributed by atoms with Crippen LogP contribution in [0.15, 0.2) is 94.6 Å². The van der Waals surface area contributed by atoms with Crippen LogP contribution in [0, 0.1) is 6.92 Å². The normalized spacial score (nSPS) is 20.2. The van der Waals surface area contributed by atoms with Crippen molar-refractivity contribution in [3.8, 4) is 11.5 Å². The Bertz CT molecular complexity index is 1850. The fourth-order valence-corrected chi connectivity index (χ4v) is 7.79. The van der Waals surface area contributed by atoms with E-state index in [1.165, 1.54) is 10.8 Å². The van der Waals surface area contributed by atoms with E-state index in [4.69, 9.17) is 13.9 Å². The molecule has 9 nitrogen and oxygen atoms in total. The first-order valence-electron chi connectivity index (χ1n) is 16.2. The van der Waals surface area contributed by atoms with E-state index in [1.807, 2.05) is 66.7 Å². The van der Waals surface area contributed by atoms with E-state index in [-0.39, 0.29) is 23.6 Å². The summed E-state index contributed by atoms with van der Waals surface area (Å²) in [5.74, 6) is 1.04. The van der Waals surface area contributed by atoms with Gasteiger partial charge in [0.15, 0.2) is 13.9 Å². The van der Waals surface area contributed by atoms with Crippen LogP contribution in [0.1, 0.15) is 55.9 Å². The lowest BCUT2D eigenvalue weighted by atomic mass is 9.77. The molecule has 1 amide bonds. The Balaban J connectivity index is 1.43. The van der Waals surface area contributed by atoms with Crippen LogP contribution in [0.25, 0.3) is 0 Å². The Hall–Kier alpha value is -4.25. The standard InChI is InChI=1S/C37H43N3O6Si/c1-24-22-40(35(43)39-34(24)42)23-32(41)38-33-30(20-21-31(33)46-47(5,6)36(2,3)4)45-37(25-14-8-7-9-15-25)26-16-10-12-18-28(26)44-29-19-13-11-17-27(29)37/h7-19,22,30-31,33H,20-21,23H2,1-6H3,(H,38,41)(H,39,42,43)/t30-,31-,33+/m1/s1. The second kappa shape index (κ2) is 12.4. The molecule has 1 fully saturated rings. The SMILES string of the molecule is Cc1cn(CC(=O)N[C@H]2[C@H](OC3(c4ccccc4)c4ccccc4Oc4ccccc43)CC[C@H]2O[Si](C)(C)C(C)(C)C)c(=O)[nH]c1=O. The molecule has 2 N–H and O–H groups in total. The van der Waals surface area contributed by atoms with Crippen LogP contribution in [-0.4, -0.2) is 42.0 Å². The summed E-state index contributed by atoms with van der Waals surface area (Å²) >= 11 is 0. The van der Waals surface area contributed by atoms with E-state index in [2.05, 4.69) is 56.3 Å². The lowest BCUT2D eigenvalue weighted by molar-refractivity contribution is -0.126. The summed E-state index contributed by atoms with van der Waals surface area (Å²) in [6.45, 7) is 12.3. The van der Waals surface area contributed by atoms with Gasteiger partial charge in [0.25, 0.3) is 5.56 Å². The van der Waals surface area contributed by atoms with Crippen molar-refractivity contribution in [2.75, 3.05) is 0 Å². The molecule has 4 aromatic rings. The third kappa shape index (κ3) is 6.13. The quantitative estimate of drug-likeness (QED) is 0.226. The minimum Gasteiger partial charge on any atom is -0.457 e. The molecule has 10 heteroatoms. The maximum Gasteiger partial charge on any atom is 0.328 e. The molecule has 1 aliphatic heterocycles. The van der Waals surface area contributed by atoms with E-state index in [0.717, 1.165) is 16.7 Å². The summed E-state index contributed by atoms with van der Waals surface area (Å²) in [5.41, 5.74) is 0.888. The first-order chi connectivity index (χ1) is 22.3. The highest BCUT2D eigenvalue weighted by Gasteiger charge is 2.51. The number of hydrogen-bond acceptors (Lipinski definition) is 6. The van der Waals surface area contributed by atoms with Crippen molar-refractivity contribution >= 4 is 14.2 Å². The van der Waals surface area contributed by atoms with Gasteiger partial charge in [-0.3, -0.25) is 19.1 Å². The topological polar surface area (TPSA) is 112 Å². The molecular formula is C37H43N3O6Si. The predicted octanol–water partition coefficient (Wildman–Crippen LogP) is 6.00. The van der Waals surface area contributed by atoms with Crippen molar-refractivity contribution in [3.63, 3.8) is 0 Å². The van der Waals surface area contributed by atoms with E-state index in [1.54, 1.807) is 6.92 Å². The number of nitrogens with one attached hydrogen (secondary N) is 2. The number of ether oxygens (including phenoxy) is 2. The maximum atomic E-state index is 13.7. The van der Waals surface area contributed by atoms with Crippen molar-refractivity contribution in [1.82, 2.24) is 14.9 Å². The molecule has 47 heavy (non-hydrogen) atoms. The molecule has 6 rings (SSSR count). The minimum absolute atomic E-state index is 0.0505. The van der Waals surface area contributed by atoms with Crippen LogP contribution < -0.4 is 21.3 Å². The van der Waals surface area contributed by atoms with Gasteiger partial charge in [-0.1, -0.05) is 87.5 Å². The molecule has 0 bridgehead atoms. The van der Waals surface area contributed by atoms with Crippen LogP contribution in [0.2, 0.25) is 18.1 Å². The van der Waals surface area contributed by atoms with Gasteiger partial charge in [-0.15, -0.1) is 0 Å². The fraction of sp³-hybridized carbons (Fsp3) is 0.378. The molecule has 3 atom stereocenters. The van der Waals surface area contributed by atoms with Gasteiger partial charge in [-0.05, 0) is 55.6 Å². The smallest absolute Gasteiger partial charge is 0.328 e. The predicted molar refractivity (Wildman–Crippen MR) is 183 cm³/mol. The molecule has 0 radical (unpaired) electrons. The van der Waals surface area contributed by atoms with Crippen LogP contribution in [0.4, 0.5) is 0 Å². The second-order valence-corrected chi connectivity index (χ2v) is 18.8. The van der Waals surface area contributed by atoms with Crippen molar-refractivity contribution in [1.29, 1.82) is 0 Å². The van der Waals surface area contributed by atoms with Gasteiger partial charge in [0.2, 0.25) is 5.91 Å². The van der Waals surface area contributed by atoms with Gasteiger partial charge < -0.3 is 19.2 Å². The zero-order valence-corrected chi connectivity index (χ0v) is 28.8. The van der Waals surface area contributed by atoms with Crippen LogP contribution in [0.5, 0.6) is 11.5 Å². The zero-order chi connectivity index (χ0) is 33.6. The molecule has 1 saturated carbocycles. The van der Waals surface area contributed by atoms with Crippen LogP contribution in [0.3, 0.4) is 0 Å².